The summed E-state index contributed by atoms with van der Waals surface area (Å²) in [4.78, 5) is 15.4. The first kappa shape index (κ1) is 14.8. The summed E-state index contributed by atoms with van der Waals surface area (Å²) < 4.78 is 0. The number of ketones is 1. The molecule has 0 saturated heterocycles. The number of carbonyl (C=O) groups is 1. The molecule has 1 aliphatic carbocycles. The Bertz CT molecular complexity index is 921. The van der Waals surface area contributed by atoms with Crippen molar-refractivity contribution < 1.29 is 9.90 Å². The first-order chi connectivity index (χ1) is 11.8. The molecular formula is C21H19NO2. The number of Topliss-reactive ketones (excluding diaryl/α,β-unsaturated/α-hetero) is 1. The molecule has 0 spiro atoms. The van der Waals surface area contributed by atoms with Crippen LogP contribution in [0.1, 0.15) is 36.3 Å². The monoisotopic (exact) mass is 317 g/mol. The van der Waals surface area contributed by atoms with E-state index in [9.17, 15) is 9.90 Å². The molecule has 1 aromatic heterocycles. The van der Waals surface area contributed by atoms with E-state index < -0.39 is 0 Å². The minimum Gasteiger partial charge on any atom is -0.504 e. The molecule has 3 nitrogen and oxygen atoms in total. The van der Waals surface area contributed by atoms with Gasteiger partial charge in [-0.15, -0.1) is 0 Å². The summed E-state index contributed by atoms with van der Waals surface area (Å²) in [5, 5.41) is 11.6. The maximum atomic E-state index is 12.1. The standard InChI is InChI=1S/C21H19NO2/c23-19-12-6-10-16(21(19)24)20(14-7-2-1-3-8-14)17-13-22-18-11-5-4-9-15(17)18/h1-5,7-9,11,13,20,22,24H,6,10,12H2. The number of aliphatic hydroxyl groups excluding tert-OH is 1. The molecule has 0 amide bonds. The highest BCUT2D eigenvalue weighted by Gasteiger charge is 2.29. The van der Waals surface area contributed by atoms with Gasteiger partial charge in [-0.3, -0.25) is 4.79 Å². The molecule has 1 aliphatic rings. The third kappa shape index (κ3) is 2.42. The van der Waals surface area contributed by atoms with Crippen molar-refractivity contribution in [3.8, 4) is 0 Å². The number of benzene rings is 2. The van der Waals surface area contributed by atoms with Crippen molar-refractivity contribution in [1.82, 2.24) is 4.98 Å². The van der Waals surface area contributed by atoms with Crippen LogP contribution in [0.3, 0.4) is 0 Å². The highest BCUT2D eigenvalue weighted by molar-refractivity contribution is 5.95. The van der Waals surface area contributed by atoms with Gasteiger partial charge in [-0.1, -0.05) is 48.5 Å². The van der Waals surface area contributed by atoms with Crippen molar-refractivity contribution in [3.63, 3.8) is 0 Å². The average Bonchev–Trinajstić information content (AvgIpc) is 3.04. The highest BCUT2D eigenvalue weighted by Crippen LogP contribution is 2.41. The number of H-pyrrole nitrogens is 1. The second-order valence-electron chi connectivity index (χ2n) is 6.28. The van der Waals surface area contributed by atoms with Gasteiger partial charge in [0.15, 0.2) is 11.5 Å². The number of aromatic amines is 1. The SMILES string of the molecule is O=C1CCCC(C(c2ccccc2)c2c[nH]c3ccccc23)=C1O. The van der Waals surface area contributed by atoms with Crippen molar-refractivity contribution in [2.75, 3.05) is 0 Å². The second kappa shape index (κ2) is 6.00. The molecule has 0 saturated carbocycles. The number of para-hydroxylation sites is 1. The molecule has 1 heterocycles. The number of nitrogens with one attached hydrogen (secondary N) is 1. The van der Waals surface area contributed by atoms with Gasteiger partial charge in [0, 0.05) is 29.4 Å². The van der Waals surface area contributed by atoms with E-state index in [2.05, 4.69) is 23.2 Å². The Kier molecular flexibility index (Phi) is 3.69. The number of hydrogen-bond donors (Lipinski definition) is 2. The molecule has 1 atom stereocenters. The molecular weight excluding hydrogens is 298 g/mol. The Labute approximate surface area is 140 Å². The quantitative estimate of drug-likeness (QED) is 0.724. The summed E-state index contributed by atoms with van der Waals surface area (Å²) >= 11 is 0. The Hall–Kier alpha value is -2.81. The van der Waals surface area contributed by atoms with Gasteiger partial charge in [-0.25, -0.2) is 0 Å². The predicted octanol–water partition coefficient (Wildman–Crippen LogP) is 4.86. The summed E-state index contributed by atoms with van der Waals surface area (Å²) in [6, 6.07) is 18.2. The first-order valence-corrected chi connectivity index (χ1v) is 8.32. The molecule has 24 heavy (non-hydrogen) atoms. The molecule has 3 aromatic rings. The number of allylic oxidation sites excluding steroid dienone is 2. The van der Waals surface area contributed by atoms with Crippen LogP contribution in [-0.2, 0) is 4.79 Å². The number of hydrogen-bond acceptors (Lipinski definition) is 2. The molecule has 1 unspecified atom stereocenters. The van der Waals surface area contributed by atoms with Crippen LogP contribution < -0.4 is 0 Å². The van der Waals surface area contributed by atoms with Crippen molar-refractivity contribution in [1.29, 1.82) is 0 Å². The largest absolute Gasteiger partial charge is 0.504 e. The molecule has 120 valence electrons. The lowest BCUT2D eigenvalue weighted by Crippen LogP contribution is -2.17. The molecule has 2 aromatic carbocycles. The van der Waals surface area contributed by atoms with Gasteiger partial charge in [0.05, 0.1) is 0 Å². The number of aliphatic hydroxyl groups is 1. The zero-order chi connectivity index (χ0) is 16.5. The van der Waals surface area contributed by atoms with Crippen LogP contribution in [0.4, 0.5) is 0 Å². The van der Waals surface area contributed by atoms with E-state index in [0.717, 1.165) is 40.4 Å². The Morgan fingerprint density at radius 3 is 2.54 bits per heavy atom. The number of aromatic nitrogens is 1. The molecule has 2 N–H and O–H groups in total. The predicted molar refractivity (Wildman–Crippen MR) is 95.1 cm³/mol. The number of rotatable bonds is 3. The Morgan fingerprint density at radius 2 is 1.71 bits per heavy atom. The van der Waals surface area contributed by atoms with Gasteiger partial charge >= 0.3 is 0 Å². The van der Waals surface area contributed by atoms with Crippen LogP contribution in [0.15, 0.2) is 72.1 Å². The van der Waals surface area contributed by atoms with Crippen molar-refractivity contribution in [2.45, 2.75) is 25.2 Å². The fraction of sp³-hybridized carbons (Fsp3) is 0.190. The summed E-state index contributed by atoms with van der Waals surface area (Å²) in [7, 11) is 0. The van der Waals surface area contributed by atoms with Crippen LogP contribution in [0.2, 0.25) is 0 Å². The smallest absolute Gasteiger partial charge is 0.197 e. The fourth-order valence-corrected chi connectivity index (χ4v) is 3.68. The fourth-order valence-electron chi connectivity index (χ4n) is 3.68. The Morgan fingerprint density at radius 1 is 0.958 bits per heavy atom. The van der Waals surface area contributed by atoms with Crippen LogP contribution in [0, 0.1) is 0 Å². The second-order valence-corrected chi connectivity index (χ2v) is 6.28. The lowest BCUT2D eigenvalue weighted by Gasteiger charge is -2.25. The minimum absolute atomic E-state index is 0.0413. The van der Waals surface area contributed by atoms with Crippen molar-refractivity contribution in [3.05, 3.63) is 83.3 Å². The maximum Gasteiger partial charge on any atom is 0.197 e. The van der Waals surface area contributed by atoms with E-state index in [1.165, 1.54) is 0 Å². The maximum absolute atomic E-state index is 12.1. The van der Waals surface area contributed by atoms with E-state index >= 15 is 0 Å². The van der Waals surface area contributed by atoms with Crippen LogP contribution in [0.25, 0.3) is 10.9 Å². The number of carbonyl (C=O) groups excluding carboxylic acids is 1. The molecule has 3 heteroatoms. The summed E-state index contributed by atoms with van der Waals surface area (Å²) in [5.74, 6) is -0.288. The van der Waals surface area contributed by atoms with Gasteiger partial charge in [0.2, 0.25) is 0 Å². The van der Waals surface area contributed by atoms with Crippen molar-refractivity contribution in [2.24, 2.45) is 0 Å². The molecule has 0 radical (unpaired) electrons. The Balaban J connectivity index is 1.95. The summed E-state index contributed by atoms with van der Waals surface area (Å²) in [6.45, 7) is 0. The van der Waals surface area contributed by atoms with E-state index in [1.54, 1.807) is 0 Å². The van der Waals surface area contributed by atoms with E-state index in [-0.39, 0.29) is 17.5 Å². The van der Waals surface area contributed by atoms with Crippen molar-refractivity contribution >= 4 is 16.7 Å². The zero-order valence-electron chi connectivity index (χ0n) is 13.3. The molecule has 0 aliphatic heterocycles. The molecule has 4 rings (SSSR count). The zero-order valence-corrected chi connectivity index (χ0v) is 13.3. The number of fused-ring (bicyclic) bond motifs is 1. The van der Waals surface area contributed by atoms with Crippen LogP contribution >= 0.6 is 0 Å². The molecule has 0 bridgehead atoms. The lowest BCUT2D eigenvalue weighted by molar-refractivity contribution is -0.118. The van der Waals surface area contributed by atoms with Crippen LogP contribution in [-0.4, -0.2) is 15.9 Å². The molecule has 0 fully saturated rings. The highest BCUT2D eigenvalue weighted by atomic mass is 16.3. The average molecular weight is 317 g/mol. The van der Waals surface area contributed by atoms with Gasteiger partial charge < -0.3 is 10.1 Å². The third-order valence-corrected chi connectivity index (χ3v) is 4.83. The minimum atomic E-state index is -0.142. The van der Waals surface area contributed by atoms with E-state index in [4.69, 9.17) is 0 Å². The van der Waals surface area contributed by atoms with Gasteiger partial charge in [0.1, 0.15) is 0 Å². The topological polar surface area (TPSA) is 53.1 Å². The summed E-state index contributed by atoms with van der Waals surface area (Å²) in [6.07, 6.45) is 3.98. The normalized spacial score (nSPS) is 16.6. The first-order valence-electron chi connectivity index (χ1n) is 8.32. The van der Waals surface area contributed by atoms with E-state index in [1.807, 2.05) is 42.6 Å². The van der Waals surface area contributed by atoms with Crippen LogP contribution in [0.5, 0.6) is 0 Å². The third-order valence-electron chi connectivity index (χ3n) is 4.83. The summed E-state index contributed by atoms with van der Waals surface area (Å²) in [5.41, 5.74) is 4.10. The van der Waals surface area contributed by atoms with Gasteiger partial charge in [0.25, 0.3) is 0 Å². The van der Waals surface area contributed by atoms with Gasteiger partial charge in [-0.2, -0.15) is 0 Å². The van der Waals surface area contributed by atoms with Gasteiger partial charge in [-0.05, 0) is 35.6 Å². The van der Waals surface area contributed by atoms with E-state index in [0.29, 0.717) is 6.42 Å². The lowest BCUT2D eigenvalue weighted by atomic mass is 9.79.